The third-order valence-corrected chi connectivity index (χ3v) is 4.29. The van der Waals surface area contributed by atoms with E-state index in [-0.39, 0.29) is 11.1 Å². The number of methoxy groups -OCH3 is 1. The van der Waals surface area contributed by atoms with Crippen molar-refractivity contribution in [1.29, 1.82) is 0 Å². The highest BCUT2D eigenvalue weighted by Gasteiger charge is 2.20. The van der Waals surface area contributed by atoms with E-state index in [1.807, 2.05) is 36.4 Å². The minimum Gasteiger partial charge on any atom is -0.464 e. The first-order valence-electron chi connectivity index (χ1n) is 7.35. The van der Waals surface area contributed by atoms with E-state index in [2.05, 4.69) is 9.84 Å². The van der Waals surface area contributed by atoms with Crippen LogP contribution in [0.4, 0.5) is 0 Å². The molecular weight excluding hydrogens is 328 g/mol. The number of hydrogen-bond donors (Lipinski definition) is 0. The van der Waals surface area contributed by atoms with Gasteiger partial charge in [-0.3, -0.25) is 9.48 Å². The lowest BCUT2D eigenvalue weighted by atomic mass is 10.1. The Bertz CT molecular complexity index is 981. The predicted molar refractivity (Wildman–Crippen MR) is 92.6 cm³/mol. The second-order valence-electron chi connectivity index (χ2n) is 5.40. The average molecular weight is 343 g/mol. The van der Waals surface area contributed by atoms with Gasteiger partial charge in [0.25, 0.3) is 0 Å². The normalized spacial score (nSPS) is 10.8. The first-order valence-corrected chi connectivity index (χ1v) is 7.73. The Morgan fingerprint density at radius 2 is 1.92 bits per heavy atom. The van der Waals surface area contributed by atoms with Crippen molar-refractivity contribution >= 4 is 28.5 Å². The van der Waals surface area contributed by atoms with Crippen LogP contribution in [-0.2, 0) is 11.3 Å². The number of carbonyl (C=O) groups excluding carboxylic acids is 1. The monoisotopic (exact) mass is 342 g/mol. The van der Waals surface area contributed by atoms with Crippen LogP contribution < -0.4 is 5.43 Å². The van der Waals surface area contributed by atoms with E-state index < -0.39 is 11.4 Å². The number of carbonyl (C=O) groups is 1. The van der Waals surface area contributed by atoms with Crippen molar-refractivity contribution in [2.75, 3.05) is 7.11 Å². The van der Waals surface area contributed by atoms with Crippen molar-refractivity contribution in [1.82, 2.24) is 9.78 Å². The second kappa shape index (κ2) is 6.45. The number of halogens is 1. The topological polar surface area (TPSA) is 61.2 Å². The fourth-order valence-corrected chi connectivity index (χ4v) is 2.79. The van der Waals surface area contributed by atoms with E-state index in [0.717, 1.165) is 11.1 Å². The number of aryl methyl sites for hydroxylation is 1. The Morgan fingerprint density at radius 3 is 2.58 bits per heavy atom. The summed E-state index contributed by atoms with van der Waals surface area (Å²) in [6.07, 6.45) is 0. The van der Waals surface area contributed by atoms with E-state index in [0.29, 0.717) is 17.1 Å². The number of nitrogens with zero attached hydrogens (tertiary/aromatic N) is 2. The third kappa shape index (κ3) is 2.78. The third-order valence-electron chi connectivity index (χ3n) is 3.81. The number of rotatable bonds is 3. The number of fused-ring (bicyclic) bond motifs is 1. The number of hydrogen-bond acceptors (Lipinski definition) is 4. The molecule has 1 aromatic heterocycles. The first kappa shape index (κ1) is 16.2. The van der Waals surface area contributed by atoms with Crippen molar-refractivity contribution in [3.8, 4) is 0 Å². The van der Waals surface area contributed by atoms with Crippen molar-refractivity contribution < 1.29 is 9.53 Å². The molecule has 0 radical (unpaired) electrons. The van der Waals surface area contributed by atoms with Gasteiger partial charge in [-0.15, -0.1) is 0 Å². The van der Waals surface area contributed by atoms with Crippen molar-refractivity contribution in [3.63, 3.8) is 0 Å². The minimum absolute atomic E-state index is 0.270. The van der Waals surface area contributed by atoms with Crippen LogP contribution in [0.3, 0.4) is 0 Å². The van der Waals surface area contributed by atoms with Gasteiger partial charge in [-0.1, -0.05) is 48.0 Å². The largest absolute Gasteiger partial charge is 0.464 e. The quantitative estimate of drug-likeness (QED) is 0.686. The highest BCUT2D eigenvalue weighted by atomic mass is 35.5. The van der Waals surface area contributed by atoms with E-state index in [4.69, 9.17) is 11.6 Å². The molecule has 0 atom stereocenters. The van der Waals surface area contributed by atoms with E-state index >= 15 is 0 Å². The van der Waals surface area contributed by atoms with Gasteiger partial charge in [0.15, 0.2) is 0 Å². The van der Waals surface area contributed by atoms with Crippen LogP contribution in [0.15, 0.2) is 47.3 Å². The van der Waals surface area contributed by atoms with Crippen molar-refractivity contribution in [3.05, 3.63) is 74.5 Å². The zero-order valence-corrected chi connectivity index (χ0v) is 14.0. The molecule has 0 unspecified atom stereocenters. The van der Waals surface area contributed by atoms with Gasteiger partial charge >= 0.3 is 5.97 Å². The van der Waals surface area contributed by atoms with Gasteiger partial charge in [0.2, 0.25) is 11.1 Å². The van der Waals surface area contributed by atoms with Crippen LogP contribution in [0.25, 0.3) is 10.9 Å². The maximum atomic E-state index is 12.6. The first-order chi connectivity index (χ1) is 11.5. The van der Waals surface area contributed by atoms with Gasteiger partial charge in [-0.2, -0.15) is 5.10 Å². The lowest BCUT2D eigenvalue weighted by Gasteiger charge is -2.13. The van der Waals surface area contributed by atoms with Crippen LogP contribution in [-0.4, -0.2) is 22.9 Å². The van der Waals surface area contributed by atoms with Gasteiger partial charge in [-0.25, -0.2) is 4.79 Å². The van der Waals surface area contributed by atoms with Crippen LogP contribution in [0.1, 0.15) is 21.6 Å². The number of esters is 1. The van der Waals surface area contributed by atoms with Gasteiger partial charge in [0.05, 0.1) is 29.6 Å². The Labute approximate surface area is 143 Å². The van der Waals surface area contributed by atoms with Crippen LogP contribution in [0.2, 0.25) is 5.02 Å². The molecule has 0 spiro atoms. The molecule has 0 aliphatic rings. The fourth-order valence-electron chi connectivity index (χ4n) is 2.55. The molecule has 24 heavy (non-hydrogen) atoms. The molecule has 0 saturated heterocycles. The van der Waals surface area contributed by atoms with Gasteiger partial charge < -0.3 is 4.74 Å². The maximum Gasteiger partial charge on any atom is 0.362 e. The van der Waals surface area contributed by atoms with Gasteiger partial charge in [0.1, 0.15) is 0 Å². The zero-order chi connectivity index (χ0) is 17.3. The molecule has 0 saturated carbocycles. The molecule has 0 N–H and O–H groups in total. The summed E-state index contributed by atoms with van der Waals surface area (Å²) in [6, 6.07) is 13.2. The van der Waals surface area contributed by atoms with Crippen molar-refractivity contribution in [2.24, 2.45) is 0 Å². The molecule has 122 valence electrons. The zero-order valence-electron chi connectivity index (χ0n) is 13.2. The molecule has 2 aromatic carbocycles. The molecule has 3 aromatic rings. The molecular formula is C18H15ClN2O3. The van der Waals surface area contributed by atoms with Crippen LogP contribution in [0.5, 0.6) is 0 Å². The van der Waals surface area contributed by atoms with E-state index in [1.165, 1.54) is 7.11 Å². The molecule has 1 heterocycles. The number of benzene rings is 2. The SMILES string of the molecule is COC(=O)c1nn(Cc2ccccc2)c2ccc(C)c(Cl)c2c1=O. The van der Waals surface area contributed by atoms with E-state index in [9.17, 15) is 9.59 Å². The molecule has 5 nitrogen and oxygen atoms in total. The highest BCUT2D eigenvalue weighted by molar-refractivity contribution is 6.36. The minimum atomic E-state index is -0.777. The summed E-state index contributed by atoms with van der Waals surface area (Å²) in [4.78, 5) is 24.6. The Morgan fingerprint density at radius 1 is 1.21 bits per heavy atom. The summed E-state index contributed by atoms with van der Waals surface area (Å²) in [7, 11) is 1.22. The molecule has 0 bridgehead atoms. The molecule has 6 heteroatoms. The highest BCUT2D eigenvalue weighted by Crippen LogP contribution is 2.24. The molecule has 0 amide bonds. The van der Waals surface area contributed by atoms with Gasteiger partial charge in [-0.05, 0) is 24.1 Å². The summed E-state index contributed by atoms with van der Waals surface area (Å²) in [5, 5.41) is 4.81. The summed E-state index contributed by atoms with van der Waals surface area (Å²) < 4.78 is 6.28. The molecule has 0 fully saturated rings. The lowest BCUT2D eigenvalue weighted by Crippen LogP contribution is -2.24. The van der Waals surface area contributed by atoms with Crippen molar-refractivity contribution in [2.45, 2.75) is 13.5 Å². The van der Waals surface area contributed by atoms with Crippen LogP contribution in [0, 0.1) is 6.92 Å². The molecule has 0 aliphatic carbocycles. The Kier molecular flexibility index (Phi) is 4.36. The number of ether oxygens (including phenoxy) is 1. The molecule has 3 rings (SSSR count). The summed E-state index contributed by atoms with van der Waals surface area (Å²) in [5.74, 6) is -0.777. The summed E-state index contributed by atoms with van der Waals surface area (Å²) in [5.41, 5.74) is 1.53. The number of aromatic nitrogens is 2. The maximum absolute atomic E-state index is 12.6. The second-order valence-corrected chi connectivity index (χ2v) is 5.78. The average Bonchev–Trinajstić information content (AvgIpc) is 2.60. The van der Waals surface area contributed by atoms with E-state index in [1.54, 1.807) is 17.7 Å². The lowest BCUT2D eigenvalue weighted by molar-refractivity contribution is 0.0590. The Balaban J connectivity index is 2.31. The van der Waals surface area contributed by atoms with Gasteiger partial charge in [0, 0.05) is 0 Å². The Hall–Kier alpha value is -2.66. The fraction of sp³-hybridized carbons (Fsp3) is 0.167. The predicted octanol–water partition coefficient (Wildman–Crippen LogP) is 3.19. The molecule has 0 aliphatic heterocycles. The standard InChI is InChI=1S/C18H15ClN2O3/c1-11-8-9-13-14(15(11)19)17(22)16(18(23)24-2)20-21(13)10-12-6-4-3-5-7-12/h3-9H,10H2,1-2H3. The van der Waals surface area contributed by atoms with Crippen LogP contribution >= 0.6 is 11.6 Å². The summed E-state index contributed by atoms with van der Waals surface area (Å²) >= 11 is 6.33. The smallest absolute Gasteiger partial charge is 0.362 e. The summed E-state index contributed by atoms with van der Waals surface area (Å²) in [6.45, 7) is 2.21.